The number of aromatic nitrogens is 2. The lowest BCUT2D eigenvalue weighted by Crippen LogP contribution is -1.92. The van der Waals surface area contributed by atoms with E-state index >= 15 is 0 Å². The molecule has 72 valence electrons. The molecule has 0 atom stereocenters. The smallest absolute Gasteiger partial charge is 0.142 e. The molecule has 0 fully saturated rings. The van der Waals surface area contributed by atoms with E-state index in [2.05, 4.69) is 15.3 Å². The van der Waals surface area contributed by atoms with E-state index < -0.39 is 0 Å². The average Bonchev–Trinajstić information content (AvgIpc) is 2.31. The third-order valence-corrected chi connectivity index (χ3v) is 1.82. The van der Waals surface area contributed by atoms with Crippen LogP contribution in [0.25, 0.3) is 0 Å². The first kappa shape index (κ1) is 9.16. The van der Waals surface area contributed by atoms with Crippen LogP contribution in [0.4, 0.5) is 11.4 Å². The zero-order valence-corrected chi connectivity index (χ0v) is 7.88. The van der Waals surface area contributed by atoms with Gasteiger partial charge in [-0.25, -0.2) is 4.98 Å². The van der Waals surface area contributed by atoms with Gasteiger partial charge in [-0.1, -0.05) is 0 Å². The maximum atomic E-state index is 8.68. The van der Waals surface area contributed by atoms with Gasteiger partial charge < -0.3 is 5.32 Å². The van der Waals surface area contributed by atoms with Crippen LogP contribution in [0.3, 0.4) is 0 Å². The van der Waals surface area contributed by atoms with E-state index in [1.54, 1.807) is 30.7 Å². The van der Waals surface area contributed by atoms with Gasteiger partial charge in [-0.2, -0.15) is 5.26 Å². The molecule has 4 heteroatoms. The third kappa shape index (κ3) is 2.29. The molecule has 0 aromatic carbocycles. The highest BCUT2D eigenvalue weighted by Gasteiger charge is 1.96. The Hall–Kier alpha value is -2.41. The quantitative estimate of drug-likeness (QED) is 0.798. The van der Waals surface area contributed by atoms with Crippen molar-refractivity contribution in [2.45, 2.75) is 0 Å². The van der Waals surface area contributed by atoms with Crippen LogP contribution in [0.5, 0.6) is 0 Å². The Morgan fingerprint density at radius 1 is 1.20 bits per heavy atom. The fourth-order valence-corrected chi connectivity index (χ4v) is 1.17. The highest BCUT2D eigenvalue weighted by atomic mass is 14.9. The molecule has 1 N–H and O–H groups in total. The zero-order valence-electron chi connectivity index (χ0n) is 7.88. The maximum Gasteiger partial charge on any atom is 0.142 e. The van der Waals surface area contributed by atoms with Crippen molar-refractivity contribution >= 4 is 11.4 Å². The molecular weight excluding hydrogens is 188 g/mol. The van der Waals surface area contributed by atoms with E-state index in [1.165, 1.54) is 0 Å². The lowest BCUT2D eigenvalue weighted by Gasteiger charge is -2.04. The standard InChI is InChI=1S/C11H8N4/c12-7-11-6-9(3-5-14-11)15-10-2-1-4-13-8-10/h1-6,8H,(H,14,15). The minimum Gasteiger partial charge on any atom is -0.354 e. The van der Waals surface area contributed by atoms with E-state index in [-0.39, 0.29) is 0 Å². The van der Waals surface area contributed by atoms with Crippen LogP contribution < -0.4 is 5.32 Å². The Bertz CT molecular complexity index is 487. The number of hydrogen-bond acceptors (Lipinski definition) is 4. The summed E-state index contributed by atoms with van der Waals surface area (Å²) in [5.41, 5.74) is 2.10. The van der Waals surface area contributed by atoms with Crippen molar-refractivity contribution in [3.8, 4) is 6.07 Å². The Kier molecular flexibility index (Phi) is 2.56. The van der Waals surface area contributed by atoms with Gasteiger partial charge in [0, 0.05) is 18.1 Å². The van der Waals surface area contributed by atoms with Gasteiger partial charge in [-0.3, -0.25) is 4.98 Å². The Morgan fingerprint density at radius 2 is 2.13 bits per heavy atom. The lowest BCUT2D eigenvalue weighted by atomic mass is 10.3. The first-order valence-electron chi connectivity index (χ1n) is 4.42. The van der Waals surface area contributed by atoms with Gasteiger partial charge in [0.15, 0.2) is 0 Å². The van der Waals surface area contributed by atoms with E-state index in [4.69, 9.17) is 5.26 Å². The highest BCUT2D eigenvalue weighted by Crippen LogP contribution is 2.14. The summed E-state index contributed by atoms with van der Waals surface area (Å²) in [4.78, 5) is 7.86. The second-order valence-corrected chi connectivity index (χ2v) is 2.91. The summed E-state index contributed by atoms with van der Waals surface area (Å²) < 4.78 is 0. The van der Waals surface area contributed by atoms with Gasteiger partial charge >= 0.3 is 0 Å². The second kappa shape index (κ2) is 4.20. The first-order chi connectivity index (χ1) is 7.38. The molecule has 4 nitrogen and oxygen atoms in total. The van der Waals surface area contributed by atoms with Crippen molar-refractivity contribution < 1.29 is 0 Å². The summed E-state index contributed by atoms with van der Waals surface area (Å²) >= 11 is 0. The zero-order chi connectivity index (χ0) is 10.5. The Balaban J connectivity index is 2.22. The lowest BCUT2D eigenvalue weighted by molar-refractivity contribution is 1.26. The van der Waals surface area contributed by atoms with E-state index in [1.807, 2.05) is 18.2 Å². The van der Waals surface area contributed by atoms with Gasteiger partial charge in [0.05, 0.1) is 11.9 Å². The molecule has 2 heterocycles. The monoisotopic (exact) mass is 196 g/mol. The summed E-state index contributed by atoms with van der Waals surface area (Å²) in [5, 5.41) is 11.8. The van der Waals surface area contributed by atoms with Crippen molar-refractivity contribution in [1.29, 1.82) is 5.26 Å². The minimum absolute atomic E-state index is 0.392. The van der Waals surface area contributed by atoms with Crippen LogP contribution in [0.1, 0.15) is 5.69 Å². The van der Waals surface area contributed by atoms with E-state index in [9.17, 15) is 0 Å². The van der Waals surface area contributed by atoms with Crippen LogP contribution in [-0.4, -0.2) is 9.97 Å². The molecule has 0 spiro atoms. The molecule has 15 heavy (non-hydrogen) atoms. The molecular formula is C11H8N4. The summed E-state index contributed by atoms with van der Waals surface area (Å²) in [5.74, 6) is 0. The summed E-state index contributed by atoms with van der Waals surface area (Å²) in [6.07, 6.45) is 5.02. The molecule has 0 aliphatic heterocycles. The van der Waals surface area contributed by atoms with Gasteiger partial charge in [0.25, 0.3) is 0 Å². The number of nitrogens with zero attached hydrogens (tertiary/aromatic N) is 3. The van der Waals surface area contributed by atoms with Crippen molar-refractivity contribution in [1.82, 2.24) is 9.97 Å². The number of nitriles is 1. The van der Waals surface area contributed by atoms with E-state index in [0.717, 1.165) is 11.4 Å². The van der Waals surface area contributed by atoms with Crippen molar-refractivity contribution in [2.75, 3.05) is 5.32 Å². The summed E-state index contributed by atoms with van der Waals surface area (Å²) in [6.45, 7) is 0. The SMILES string of the molecule is N#Cc1cc(Nc2cccnc2)ccn1. The number of pyridine rings is 2. The largest absolute Gasteiger partial charge is 0.354 e. The van der Waals surface area contributed by atoms with Crippen LogP contribution in [0, 0.1) is 11.3 Å². The maximum absolute atomic E-state index is 8.68. The van der Waals surface area contributed by atoms with Crippen LogP contribution in [0.2, 0.25) is 0 Å². The normalized spacial score (nSPS) is 9.27. The van der Waals surface area contributed by atoms with Gasteiger partial charge in [-0.15, -0.1) is 0 Å². The van der Waals surface area contributed by atoms with Gasteiger partial charge in [-0.05, 0) is 24.3 Å². The second-order valence-electron chi connectivity index (χ2n) is 2.91. The molecule has 0 bridgehead atoms. The Morgan fingerprint density at radius 3 is 2.87 bits per heavy atom. The molecule has 0 radical (unpaired) electrons. The molecule has 0 amide bonds. The molecule has 2 aromatic rings. The summed E-state index contributed by atoms with van der Waals surface area (Å²) in [6, 6.07) is 9.22. The van der Waals surface area contributed by atoms with E-state index in [0.29, 0.717) is 5.69 Å². The number of nitrogens with one attached hydrogen (secondary N) is 1. The number of rotatable bonds is 2. The molecule has 0 aliphatic carbocycles. The highest BCUT2D eigenvalue weighted by molar-refractivity contribution is 5.59. The average molecular weight is 196 g/mol. The van der Waals surface area contributed by atoms with Crippen LogP contribution in [-0.2, 0) is 0 Å². The van der Waals surface area contributed by atoms with Crippen LogP contribution >= 0.6 is 0 Å². The fourth-order valence-electron chi connectivity index (χ4n) is 1.17. The fraction of sp³-hybridized carbons (Fsp3) is 0. The van der Waals surface area contributed by atoms with Gasteiger partial charge in [0.2, 0.25) is 0 Å². The summed E-state index contributed by atoms with van der Waals surface area (Å²) in [7, 11) is 0. The molecule has 2 aromatic heterocycles. The molecule has 0 saturated carbocycles. The predicted molar refractivity (Wildman–Crippen MR) is 56.5 cm³/mol. The Labute approximate surface area is 87.2 Å². The minimum atomic E-state index is 0.392. The van der Waals surface area contributed by atoms with Gasteiger partial charge in [0.1, 0.15) is 11.8 Å². The molecule has 2 rings (SSSR count). The first-order valence-corrected chi connectivity index (χ1v) is 4.42. The van der Waals surface area contributed by atoms with Crippen LogP contribution in [0.15, 0.2) is 42.9 Å². The molecule has 0 aliphatic rings. The number of hydrogen-bond donors (Lipinski definition) is 1. The number of anilines is 2. The van der Waals surface area contributed by atoms with Crippen molar-refractivity contribution in [3.63, 3.8) is 0 Å². The molecule has 0 unspecified atom stereocenters. The third-order valence-electron chi connectivity index (χ3n) is 1.82. The van der Waals surface area contributed by atoms with Crippen molar-refractivity contribution in [3.05, 3.63) is 48.5 Å². The topological polar surface area (TPSA) is 61.6 Å². The van der Waals surface area contributed by atoms with Crippen molar-refractivity contribution in [2.24, 2.45) is 0 Å². The predicted octanol–water partition coefficient (Wildman–Crippen LogP) is 2.09. The molecule has 0 saturated heterocycles.